The minimum absolute atomic E-state index is 0.112. The summed E-state index contributed by atoms with van der Waals surface area (Å²) in [7, 11) is 0. The third kappa shape index (κ3) is 3.48. The Morgan fingerprint density at radius 2 is 2.00 bits per heavy atom. The minimum atomic E-state index is -0.765. The smallest absolute Gasteiger partial charge is 0.226 e. The van der Waals surface area contributed by atoms with E-state index in [2.05, 4.69) is 5.32 Å². The molecule has 1 saturated carbocycles. The number of nitrogens with one attached hydrogen (secondary N) is 1. The van der Waals surface area contributed by atoms with E-state index in [4.69, 9.17) is 0 Å². The number of hydrogen-bond donors (Lipinski definition) is 2. The predicted molar refractivity (Wildman–Crippen MR) is 65.1 cm³/mol. The van der Waals surface area contributed by atoms with Gasteiger partial charge in [-0.15, -0.1) is 0 Å². The third-order valence-corrected chi connectivity index (χ3v) is 3.67. The lowest BCUT2D eigenvalue weighted by molar-refractivity contribution is -0.131. The molecule has 16 heavy (non-hydrogen) atoms. The molecule has 3 nitrogen and oxygen atoms in total. The van der Waals surface area contributed by atoms with Crippen LogP contribution in [-0.2, 0) is 4.79 Å². The van der Waals surface area contributed by atoms with Crippen molar-refractivity contribution in [3.63, 3.8) is 0 Å². The number of carbonyl (C=O) groups excluding carboxylic acids is 1. The van der Waals surface area contributed by atoms with Gasteiger partial charge in [0.05, 0.1) is 5.60 Å². The molecule has 94 valence electrons. The number of rotatable bonds is 5. The van der Waals surface area contributed by atoms with Gasteiger partial charge >= 0.3 is 0 Å². The molecule has 0 bridgehead atoms. The summed E-state index contributed by atoms with van der Waals surface area (Å²) in [5.41, 5.74) is -0.957. The highest BCUT2D eigenvalue weighted by molar-refractivity contribution is 5.82. The second kappa shape index (κ2) is 5.17. The molecule has 0 saturated heterocycles. The minimum Gasteiger partial charge on any atom is -0.388 e. The molecule has 3 heteroatoms. The molecule has 1 atom stereocenters. The predicted octanol–water partition coefficient (Wildman–Crippen LogP) is 2.23. The van der Waals surface area contributed by atoms with E-state index in [1.165, 1.54) is 0 Å². The van der Waals surface area contributed by atoms with Crippen molar-refractivity contribution < 1.29 is 9.90 Å². The molecular formula is C13H25NO2. The van der Waals surface area contributed by atoms with Gasteiger partial charge in [-0.25, -0.2) is 0 Å². The summed E-state index contributed by atoms with van der Waals surface area (Å²) < 4.78 is 0. The van der Waals surface area contributed by atoms with Crippen LogP contribution >= 0.6 is 0 Å². The van der Waals surface area contributed by atoms with E-state index in [0.717, 1.165) is 38.5 Å². The molecule has 1 amide bonds. The SMILES string of the molecule is CCCC(C)(O)CNC(=O)C1(C)CCCC1. The first-order valence-electron chi connectivity index (χ1n) is 6.40. The molecule has 2 N–H and O–H groups in total. The van der Waals surface area contributed by atoms with Gasteiger partial charge in [-0.05, 0) is 26.2 Å². The fourth-order valence-electron chi connectivity index (χ4n) is 2.49. The van der Waals surface area contributed by atoms with Crippen LogP contribution in [-0.4, -0.2) is 23.2 Å². The highest BCUT2D eigenvalue weighted by Crippen LogP contribution is 2.37. The second-order valence-corrected chi connectivity index (χ2v) is 5.70. The average molecular weight is 227 g/mol. The summed E-state index contributed by atoms with van der Waals surface area (Å²) in [5.74, 6) is 0.112. The molecule has 0 aromatic carbocycles. The summed E-state index contributed by atoms with van der Waals surface area (Å²) >= 11 is 0. The maximum Gasteiger partial charge on any atom is 0.226 e. The Morgan fingerprint density at radius 1 is 1.44 bits per heavy atom. The molecule has 0 heterocycles. The highest BCUT2D eigenvalue weighted by atomic mass is 16.3. The number of hydrogen-bond acceptors (Lipinski definition) is 2. The lowest BCUT2D eigenvalue weighted by Gasteiger charge is -2.27. The summed E-state index contributed by atoms with van der Waals surface area (Å²) in [6.07, 6.45) is 5.91. The van der Waals surface area contributed by atoms with Gasteiger partial charge in [-0.1, -0.05) is 33.1 Å². The van der Waals surface area contributed by atoms with Crippen molar-refractivity contribution in [3.05, 3.63) is 0 Å². The zero-order chi connectivity index (χ0) is 12.2. The standard InChI is InChI=1S/C13H25NO2/c1-4-7-13(3,16)10-14-11(15)12(2)8-5-6-9-12/h16H,4-10H2,1-3H3,(H,14,15). The summed E-state index contributed by atoms with van der Waals surface area (Å²) in [4.78, 5) is 12.0. The molecule has 1 rings (SSSR count). The number of aliphatic hydroxyl groups is 1. The number of carbonyl (C=O) groups is 1. The maximum atomic E-state index is 12.0. The van der Waals surface area contributed by atoms with Crippen molar-refractivity contribution in [2.24, 2.45) is 5.41 Å². The molecule has 0 aliphatic heterocycles. The fraction of sp³-hybridized carbons (Fsp3) is 0.923. The number of amides is 1. The Bertz CT molecular complexity index is 242. The van der Waals surface area contributed by atoms with Gasteiger partial charge in [0.25, 0.3) is 0 Å². The molecule has 1 fully saturated rings. The van der Waals surface area contributed by atoms with Crippen molar-refractivity contribution in [3.8, 4) is 0 Å². The quantitative estimate of drug-likeness (QED) is 0.756. The van der Waals surface area contributed by atoms with E-state index in [1.54, 1.807) is 6.92 Å². The van der Waals surface area contributed by atoms with Gasteiger partial charge in [0.15, 0.2) is 0 Å². The first-order chi connectivity index (χ1) is 7.40. The normalized spacial score (nSPS) is 22.8. The molecular weight excluding hydrogens is 202 g/mol. The van der Waals surface area contributed by atoms with Gasteiger partial charge in [0.1, 0.15) is 0 Å². The van der Waals surface area contributed by atoms with Gasteiger partial charge in [-0.3, -0.25) is 4.79 Å². The van der Waals surface area contributed by atoms with E-state index in [0.29, 0.717) is 6.54 Å². The topological polar surface area (TPSA) is 49.3 Å². The third-order valence-electron chi connectivity index (χ3n) is 3.67. The van der Waals surface area contributed by atoms with Crippen molar-refractivity contribution >= 4 is 5.91 Å². The molecule has 0 aromatic rings. The van der Waals surface area contributed by atoms with Crippen LogP contribution in [0.4, 0.5) is 0 Å². The molecule has 0 aromatic heterocycles. The van der Waals surface area contributed by atoms with Gasteiger partial charge in [-0.2, -0.15) is 0 Å². The van der Waals surface area contributed by atoms with Crippen molar-refractivity contribution in [1.29, 1.82) is 0 Å². The van der Waals surface area contributed by atoms with Gasteiger partial charge < -0.3 is 10.4 Å². The van der Waals surface area contributed by atoms with Crippen molar-refractivity contribution in [2.75, 3.05) is 6.54 Å². The van der Waals surface area contributed by atoms with Crippen LogP contribution in [0.5, 0.6) is 0 Å². The summed E-state index contributed by atoms with van der Waals surface area (Å²) in [5, 5.41) is 12.9. The van der Waals surface area contributed by atoms with Crippen LogP contribution in [0.3, 0.4) is 0 Å². The summed E-state index contributed by atoms with van der Waals surface area (Å²) in [6.45, 7) is 6.22. The Labute approximate surface area is 98.6 Å². The van der Waals surface area contributed by atoms with Crippen LogP contribution < -0.4 is 5.32 Å². The molecule has 1 aliphatic rings. The summed E-state index contributed by atoms with van der Waals surface area (Å²) in [6, 6.07) is 0. The van der Waals surface area contributed by atoms with E-state index >= 15 is 0 Å². The Kier molecular flexibility index (Phi) is 4.36. The van der Waals surface area contributed by atoms with Crippen molar-refractivity contribution in [2.45, 2.75) is 64.9 Å². The first kappa shape index (κ1) is 13.5. The molecule has 0 spiro atoms. The highest BCUT2D eigenvalue weighted by Gasteiger charge is 2.36. The lowest BCUT2D eigenvalue weighted by Crippen LogP contribution is -2.45. The monoisotopic (exact) mass is 227 g/mol. The Morgan fingerprint density at radius 3 is 2.50 bits per heavy atom. The van der Waals surface area contributed by atoms with Crippen LogP contribution in [0.15, 0.2) is 0 Å². The molecule has 0 radical (unpaired) electrons. The zero-order valence-corrected chi connectivity index (χ0v) is 10.8. The molecule has 1 aliphatic carbocycles. The average Bonchev–Trinajstić information content (AvgIpc) is 2.63. The Balaban J connectivity index is 2.40. The van der Waals surface area contributed by atoms with Crippen LogP contribution in [0.2, 0.25) is 0 Å². The largest absolute Gasteiger partial charge is 0.388 e. The van der Waals surface area contributed by atoms with Gasteiger partial charge in [0.2, 0.25) is 5.91 Å². The van der Waals surface area contributed by atoms with Crippen LogP contribution in [0.1, 0.15) is 59.3 Å². The zero-order valence-electron chi connectivity index (χ0n) is 10.8. The van der Waals surface area contributed by atoms with Gasteiger partial charge in [0, 0.05) is 12.0 Å². The lowest BCUT2D eigenvalue weighted by atomic mass is 9.87. The fourth-order valence-corrected chi connectivity index (χ4v) is 2.49. The Hall–Kier alpha value is -0.570. The van der Waals surface area contributed by atoms with E-state index < -0.39 is 5.60 Å². The van der Waals surface area contributed by atoms with E-state index in [1.807, 2.05) is 13.8 Å². The molecule has 1 unspecified atom stereocenters. The second-order valence-electron chi connectivity index (χ2n) is 5.70. The maximum absolute atomic E-state index is 12.0. The van der Waals surface area contributed by atoms with Crippen molar-refractivity contribution in [1.82, 2.24) is 5.32 Å². The van der Waals surface area contributed by atoms with Crippen LogP contribution in [0.25, 0.3) is 0 Å². The van der Waals surface area contributed by atoms with Crippen LogP contribution in [0, 0.1) is 5.41 Å². The first-order valence-corrected chi connectivity index (χ1v) is 6.40. The van der Waals surface area contributed by atoms with E-state index in [9.17, 15) is 9.90 Å². The van der Waals surface area contributed by atoms with E-state index in [-0.39, 0.29) is 11.3 Å².